The van der Waals surface area contributed by atoms with Gasteiger partial charge in [-0.05, 0) is 23.7 Å². The zero-order valence-electron chi connectivity index (χ0n) is 11.6. The van der Waals surface area contributed by atoms with Gasteiger partial charge in [0, 0.05) is 19.6 Å². The zero-order chi connectivity index (χ0) is 14.3. The highest BCUT2D eigenvalue weighted by molar-refractivity contribution is 7.89. The molecule has 106 valence electrons. The van der Waals surface area contributed by atoms with E-state index in [0.29, 0.717) is 11.6 Å². The number of hydrogen-bond donors (Lipinski definition) is 0. The van der Waals surface area contributed by atoms with E-state index in [0.717, 1.165) is 11.6 Å². The van der Waals surface area contributed by atoms with Gasteiger partial charge in [-0.3, -0.25) is 0 Å². The van der Waals surface area contributed by atoms with E-state index in [4.69, 9.17) is 11.6 Å². The molecule has 0 spiro atoms. The van der Waals surface area contributed by atoms with Crippen LogP contribution in [-0.4, -0.2) is 33.1 Å². The minimum atomic E-state index is -3.09. The Hall–Kier alpha value is -0.363. The summed E-state index contributed by atoms with van der Waals surface area (Å²) in [6.07, 6.45) is 0. The number of nitrogens with zero attached hydrogens (tertiary/aromatic N) is 1. The molecule has 1 fully saturated rings. The average molecular weight is 318 g/mol. The van der Waals surface area contributed by atoms with E-state index in [1.54, 1.807) is 4.31 Å². The molecule has 19 heavy (non-hydrogen) atoms. The second kappa shape index (κ2) is 5.20. The van der Waals surface area contributed by atoms with Gasteiger partial charge in [-0.25, -0.2) is 8.42 Å². The first-order valence-electron chi connectivity index (χ1n) is 6.44. The van der Waals surface area contributed by atoms with Crippen molar-refractivity contribution in [2.45, 2.75) is 31.7 Å². The molecule has 1 unspecified atom stereocenters. The van der Waals surface area contributed by atoms with Crippen molar-refractivity contribution >= 4 is 29.7 Å². The van der Waals surface area contributed by atoms with Crippen LogP contribution in [-0.2, 0) is 10.0 Å². The Morgan fingerprint density at radius 1 is 1.26 bits per heavy atom. The number of hydrogen-bond acceptors (Lipinski definition) is 2. The standard InChI is InChI=1S/C13H20ClNO2SSi/c1-19(2,3)9-8-18(16,17)15-10-13(15)11-4-6-12(14)7-5-11/h4-7,13H,8-10H2,1-3H3/t13-,15?/m0/s1. The lowest BCUT2D eigenvalue weighted by Gasteiger charge is -2.15. The minimum Gasteiger partial charge on any atom is -0.212 e. The molecule has 0 aliphatic carbocycles. The number of halogens is 1. The molecule has 2 rings (SSSR count). The van der Waals surface area contributed by atoms with Gasteiger partial charge in [0.25, 0.3) is 0 Å². The molecule has 1 heterocycles. The third-order valence-electron chi connectivity index (χ3n) is 3.29. The summed E-state index contributed by atoms with van der Waals surface area (Å²) in [6.45, 7) is 7.19. The highest BCUT2D eigenvalue weighted by Crippen LogP contribution is 2.38. The SMILES string of the molecule is C[Si](C)(C)CCS(=O)(=O)N1C[C@H]1c1ccc(Cl)cc1. The van der Waals surface area contributed by atoms with Gasteiger partial charge >= 0.3 is 0 Å². The molecular formula is C13H20ClNO2SSi. The van der Waals surface area contributed by atoms with E-state index < -0.39 is 18.1 Å². The Kier molecular flexibility index (Phi) is 4.12. The van der Waals surface area contributed by atoms with Gasteiger partial charge < -0.3 is 0 Å². The molecule has 1 aromatic carbocycles. The lowest BCUT2D eigenvalue weighted by atomic mass is 10.2. The molecule has 0 amide bonds. The van der Waals surface area contributed by atoms with Crippen LogP contribution in [0, 0.1) is 0 Å². The minimum absolute atomic E-state index is 0.0175. The predicted molar refractivity (Wildman–Crippen MR) is 82.8 cm³/mol. The summed E-state index contributed by atoms with van der Waals surface area (Å²) < 4.78 is 26.0. The summed E-state index contributed by atoms with van der Waals surface area (Å²) in [4.78, 5) is 0. The fourth-order valence-corrected chi connectivity index (χ4v) is 6.66. The first-order valence-corrected chi connectivity index (χ1v) is 12.1. The van der Waals surface area contributed by atoms with Crippen LogP contribution in [0.3, 0.4) is 0 Å². The maximum atomic E-state index is 12.2. The van der Waals surface area contributed by atoms with E-state index in [1.807, 2.05) is 24.3 Å². The third-order valence-corrected chi connectivity index (χ3v) is 7.49. The second-order valence-electron chi connectivity index (χ2n) is 6.26. The third kappa shape index (κ3) is 4.05. The summed E-state index contributed by atoms with van der Waals surface area (Å²) in [5, 5.41) is 0.678. The van der Waals surface area contributed by atoms with Gasteiger partial charge in [0.1, 0.15) is 0 Å². The van der Waals surface area contributed by atoms with Gasteiger partial charge in [0.15, 0.2) is 0 Å². The van der Waals surface area contributed by atoms with Crippen LogP contribution >= 0.6 is 11.6 Å². The fraction of sp³-hybridized carbons (Fsp3) is 0.538. The van der Waals surface area contributed by atoms with Crippen molar-refractivity contribution in [3.05, 3.63) is 34.9 Å². The molecule has 0 N–H and O–H groups in total. The smallest absolute Gasteiger partial charge is 0.212 e. The molecule has 0 radical (unpaired) electrons. The zero-order valence-corrected chi connectivity index (χ0v) is 14.1. The summed E-state index contributed by atoms with van der Waals surface area (Å²) >= 11 is 5.84. The molecular weight excluding hydrogens is 298 g/mol. The average Bonchev–Trinajstić information content (AvgIpc) is 3.07. The summed E-state index contributed by atoms with van der Waals surface area (Å²) in [7, 11) is -4.41. The molecule has 6 heteroatoms. The molecule has 0 aromatic heterocycles. The highest BCUT2D eigenvalue weighted by atomic mass is 35.5. The highest BCUT2D eigenvalue weighted by Gasteiger charge is 2.44. The molecule has 1 aromatic rings. The Bertz CT molecular complexity index is 551. The van der Waals surface area contributed by atoms with Crippen molar-refractivity contribution in [2.75, 3.05) is 12.3 Å². The number of benzene rings is 1. The fourth-order valence-electron chi connectivity index (χ4n) is 1.94. The molecule has 1 aliphatic heterocycles. The molecule has 2 atom stereocenters. The number of sulfonamides is 1. The molecule has 1 aliphatic rings. The molecule has 0 saturated carbocycles. The van der Waals surface area contributed by atoms with E-state index in [9.17, 15) is 8.42 Å². The van der Waals surface area contributed by atoms with Crippen LogP contribution in [0.4, 0.5) is 0 Å². The van der Waals surface area contributed by atoms with E-state index in [1.165, 1.54) is 0 Å². The van der Waals surface area contributed by atoms with Crippen molar-refractivity contribution in [3.63, 3.8) is 0 Å². The Morgan fingerprint density at radius 2 is 1.84 bits per heavy atom. The lowest BCUT2D eigenvalue weighted by Crippen LogP contribution is -2.26. The van der Waals surface area contributed by atoms with E-state index >= 15 is 0 Å². The molecule has 1 saturated heterocycles. The predicted octanol–water partition coefficient (Wildman–Crippen LogP) is 3.36. The van der Waals surface area contributed by atoms with Crippen molar-refractivity contribution in [1.82, 2.24) is 4.31 Å². The van der Waals surface area contributed by atoms with Crippen LogP contribution in [0.15, 0.2) is 24.3 Å². The van der Waals surface area contributed by atoms with Crippen LogP contribution in [0.2, 0.25) is 30.7 Å². The van der Waals surface area contributed by atoms with Gasteiger partial charge in [-0.1, -0.05) is 43.4 Å². The quantitative estimate of drug-likeness (QED) is 0.617. The van der Waals surface area contributed by atoms with Crippen molar-refractivity contribution in [1.29, 1.82) is 0 Å². The second-order valence-corrected chi connectivity index (χ2v) is 14.4. The van der Waals surface area contributed by atoms with Gasteiger partial charge in [0.05, 0.1) is 11.8 Å². The Morgan fingerprint density at radius 3 is 2.37 bits per heavy atom. The van der Waals surface area contributed by atoms with Gasteiger partial charge in [0.2, 0.25) is 10.0 Å². The van der Waals surface area contributed by atoms with Gasteiger partial charge in [-0.15, -0.1) is 0 Å². The maximum Gasteiger partial charge on any atom is 0.214 e. The monoisotopic (exact) mass is 317 g/mol. The summed E-state index contributed by atoms with van der Waals surface area (Å²) in [5.41, 5.74) is 1.03. The van der Waals surface area contributed by atoms with Crippen molar-refractivity contribution < 1.29 is 8.42 Å². The molecule has 0 bridgehead atoms. The van der Waals surface area contributed by atoms with Crippen molar-refractivity contribution in [3.8, 4) is 0 Å². The van der Waals surface area contributed by atoms with E-state index in [-0.39, 0.29) is 11.8 Å². The summed E-state index contributed by atoms with van der Waals surface area (Å²) in [5.74, 6) is 0.285. The first kappa shape index (κ1) is 15.0. The van der Waals surface area contributed by atoms with Crippen LogP contribution in [0.25, 0.3) is 0 Å². The van der Waals surface area contributed by atoms with Crippen LogP contribution in [0.5, 0.6) is 0 Å². The van der Waals surface area contributed by atoms with Gasteiger partial charge in [-0.2, -0.15) is 4.31 Å². The maximum absolute atomic E-state index is 12.2. The summed E-state index contributed by atoms with van der Waals surface area (Å²) in [6, 6.07) is 8.26. The largest absolute Gasteiger partial charge is 0.214 e. The Labute approximate surface area is 121 Å². The Balaban J connectivity index is 2.00. The topological polar surface area (TPSA) is 37.1 Å². The van der Waals surface area contributed by atoms with Crippen LogP contribution < -0.4 is 0 Å². The first-order chi connectivity index (χ1) is 8.69. The van der Waals surface area contributed by atoms with Crippen molar-refractivity contribution in [2.24, 2.45) is 0 Å². The lowest BCUT2D eigenvalue weighted by molar-refractivity contribution is 0.555. The van der Waals surface area contributed by atoms with E-state index in [2.05, 4.69) is 19.6 Å². The normalized spacial score (nSPS) is 23.4. The van der Waals surface area contributed by atoms with Crippen LogP contribution in [0.1, 0.15) is 11.6 Å². The molecule has 3 nitrogen and oxygen atoms in total. The number of rotatable bonds is 5.